The van der Waals surface area contributed by atoms with Crippen molar-refractivity contribution in [1.82, 2.24) is 0 Å². The van der Waals surface area contributed by atoms with E-state index in [1.165, 1.54) is 63.9 Å². The first-order valence-electron chi connectivity index (χ1n) is 8.61. The van der Waals surface area contributed by atoms with Gasteiger partial charge in [0.05, 0.1) is 0 Å². The lowest BCUT2D eigenvalue weighted by atomic mass is 10.0. The Bertz CT molecular complexity index is 364. The zero-order valence-electron chi connectivity index (χ0n) is 13.4. The molecule has 1 rings (SSSR count). The van der Waals surface area contributed by atoms with Crippen LogP contribution in [0, 0.1) is 5.82 Å². The minimum atomic E-state index is -0.167. The predicted molar refractivity (Wildman–Crippen MR) is 91.6 cm³/mol. The van der Waals surface area contributed by atoms with E-state index in [1.54, 1.807) is 12.1 Å². The Morgan fingerprint density at radius 1 is 0.952 bits per heavy atom. The van der Waals surface area contributed by atoms with Gasteiger partial charge in [-0.1, -0.05) is 76.8 Å². The average Bonchev–Trinajstić information content (AvgIpc) is 2.45. The highest BCUT2D eigenvalue weighted by Crippen LogP contribution is 2.17. The van der Waals surface area contributed by atoms with Crippen molar-refractivity contribution in [3.63, 3.8) is 0 Å². The Balaban J connectivity index is 1.97. The fourth-order valence-electron chi connectivity index (χ4n) is 2.70. The second-order valence-electron chi connectivity index (χ2n) is 6.05. The number of unbranched alkanes of at least 4 members (excludes halogenated alkanes) is 8. The lowest BCUT2D eigenvalue weighted by Crippen LogP contribution is -2.03. The molecule has 0 bridgehead atoms. The van der Waals surface area contributed by atoms with Crippen LogP contribution in [0.1, 0.15) is 76.7 Å². The third-order valence-corrected chi connectivity index (χ3v) is 4.34. The molecule has 0 fully saturated rings. The number of rotatable bonds is 12. The summed E-state index contributed by atoms with van der Waals surface area (Å²) in [5.41, 5.74) is 1.01. The van der Waals surface area contributed by atoms with E-state index in [1.807, 2.05) is 6.07 Å². The van der Waals surface area contributed by atoms with Gasteiger partial charge in [-0.3, -0.25) is 0 Å². The molecule has 0 saturated heterocycles. The van der Waals surface area contributed by atoms with Gasteiger partial charge >= 0.3 is 0 Å². The van der Waals surface area contributed by atoms with Gasteiger partial charge in [0.25, 0.3) is 0 Å². The highest BCUT2D eigenvalue weighted by atomic mass is 35.5. The smallest absolute Gasteiger partial charge is 0.123 e. The van der Waals surface area contributed by atoms with E-state index in [0.717, 1.165) is 18.4 Å². The molecule has 0 aliphatic heterocycles. The summed E-state index contributed by atoms with van der Waals surface area (Å²) in [5, 5.41) is 0.136. The molecule has 0 aliphatic rings. The fraction of sp³-hybridized carbons (Fsp3) is 0.684. The molecule has 1 unspecified atom stereocenters. The first-order chi connectivity index (χ1) is 10.2. The van der Waals surface area contributed by atoms with E-state index in [0.29, 0.717) is 0 Å². The number of hydrogen-bond acceptors (Lipinski definition) is 0. The van der Waals surface area contributed by atoms with Crippen LogP contribution in [0.3, 0.4) is 0 Å². The quantitative estimate of drug-likeness (QED) is 0.291. The monoisotopic (exact) mass is 312 g/mol. The number of alkyl halides is 1. The van der Waals surface area contributed by atoms with Gasteiger partial charge < -0.3 is 0 Å². The Labute approximate surface area is 135 Å². The van der Waals surface area contributed by atoms with E-state index in [2.05, 4.69) is 6.92 Å². The van der Waals surface area contributed by atoms with Gasteiger partial charge in [0, 0.05) is 5.38 Å². The summed E-state index contributed by atoms with van der Waals surface area (Å²) in [6.07, 6.45) is 13.8. The molecule has 1 aromatic carbocycles. The Kier molecular flexibility index (Phi) is 10.6. The highest BCUT2D eigenvalue weighted by Gasteiger charge is 2.06. The normalized spacial score (nSPS) is 12.5. The molecule has 0 spiro atoms. The number of halogens is 2. The third kappa shape index (κ3) is 9.90. The Morgan fingerprint density at radius 3 is 2.19 bits per heavy atom. The van der Waals surface area contributed by atoms with Crippen LogP contribution in [0.15, 0.2) is 24.3 Å². The molecule has 0 nitrogen and oxygen atoms in total. The minimum Gasteiger partial charge on any atom is -0.207 e. The first-order valence-corrected chi connectivity index (χ1v) is 9.04. The van der Waals surface area contributed by atoms with Crippen molar-refractivity contribution in [2.45, 2.75) is 82.9 Å². The Hall–Kier alpha value is -0.560. The van der Waals surface area contributed by atoms with E-state index in [-0.39, 0.29) is 11.2 Å². The molecule has 0 amide bonds. The molecule has 0 N–H and O–H groups in total. The second-order valence-corrected chi connectivity index (χ2v) is 6.67. The summed E-state index contributed by atoms with van der Waals surface area (Å²) in [6, 6.07) is 6.78. The lowest BCUT2D eigenvalue weighted by molar-refractivity contribution is 0.550. The topological polar surface area (TPSA) is 0 Å². The van der Waals surface area contributed by atoms with Gasteiger partial charge in [-0.2, -0.15) is 0 Å². The molecule has 0 heterocycles. The van der Waals surface area contributed by atoms with Crippen molar-refractivity contribution in [2.75, 3.05) is 0 Å². The van der Waals surface area contributed by atoms with E-state index < -0.39 is 0 Å². The zero-order chi connectivity index (χ0) is 15.3. The van der Waals surface area contributed by atoms with Gasteiger partial charge in [-0.15, -0.1) is 11.6 Å². The second kappa shape index (κ2) is 12.0. The van der Waals surface area contributed by atoms with Crippen molar-refractivity contribution < 1.29 is 4.39 Å². The van der Waals surface area contributed by atoms with Crippen LogP contribution in [0.25, 0.3) is 0 Å². The van der Waals surface area contributed by atoms with Crippen LogP contribution in [0.4, 0.5) is 4.39 Å². The zero-order valence-corrected chi connectivity index (χ0v) is 14.2. The first kappa shape index (κ1) is 18.5. The largest absolute Gasteiger partial charge is 0.207 e. The van der Waals surface area contributed by atoms with Crippen molar-refractivity contribution in [3.8, 4) is 0 Å². The van der Waals surface area contributed by atoms with E-state index in [4.69, 9.17) is 11.6 Å². The van der Waals surface area contributed by atoms with Crippen LogP contribution in [-0.4, -0.2) is 5.38 Å². The molecular formula is C19H30ClF. The third-order valence-electron chi connectivity index (χ3n) is 3.97. The molecule has 2 heteroatoms. The van der Waals surface area contributed by atoms with Gasteiger partial charge in [-0.25, -0.2) is 4.39 Å². The minimum absolute atomic E-state index is 0.136. The summed E-state index contributed by atoms with van der Waals surface area (Å²) in [7, 11) is 0. The van der Waals surface area contributed by atoms with Crippen LogP contribution in [0.2, 0.25) is 0 Å². The van der Waals surface area contributed by atoms with Crippen molar-refractivity contribution in [1.29, 1.82) is 0 Å². The van der Waals surface area contributed by atoms with E-state index >= 15 is 0 Å². The van der Waals surface area contributed by atoms with Crippen molar-refractivity contribution >= 4 is 11.6 Å². The fourth-order valence-corrected chi connectivity index (χ4v) is 3.03. The molecule has 21 heavy (non-hydrogen) atoms. The number of hydrogen-bond donors (Lipinski definition) is 0. The average molecular weight is 313 g/mol. The van der Waals surface area contributed by atoms with Gasteiger partial charge in [-0.05, 0) is 30.5 Å². The van der Waals surface area contributed by atoms with E-state index in [9.17, 15) is 4.39 Å². The molecular weight excluding hydrogens is 283 g/mol. The maximum Gasteiger partial charge on any atom is 0.123 e. The molecule has 0 radical (unpaired) electrons. The molecule has 1 aromatic rings. The van der Waals surface area contributed by atoms with Gasteiger partial charge in [0.2, 0.25) is 0 Å². The van der Waals surface area contributed by atoms with Gasteiger partial charge in [0.15, 0.2) is 0 Å². The molecule has 0 aliphatic carbocycles. The summed E-state index contributed by atoms with van der Waals surface area (Å²) < 4.78 is 13.1. The SMILES string of the molecule is CCCCCCCCCCCC(Cl)Cc1cccc(F)c1. The molecule has 1 atom stereocenters. The molecule has 0 saturated carbocycles. The maximum atomic E-state index is 13.1. The Morgan fingerprint density at radius 2 is 1.57 bits per heavy atom. The standard InChI is InChI=1S/C19H30ClF/c1-2-3-4-5-6-7-8-9-10-13-18(20)15-17-12-11-14-19(21)16-17/h11-12,14,16,18H,2-10,13,15H2,1H3. The molecule has 120 valence electrons. The molecule has 0 aromatic heterocycles. The van der Waals surface area contributed by atoms with Crippen LogP contribution >= 0.6 is 11.6 Å². The summed E-state index contributed by atoms with van der Waals surface area (Å²) in [6.45, 7) is 2.26. The van der Waals surface area contributed by atoms with Crippen LogP contribution in [0.5, 0.6) is 0 Å². The number of benzene rings is 1. The lowest BCUT2D eigenvalue weighted by Gasteiger charge is -2.09. The predicted octanol–water partition coefficient (Wildman–Crippen LogP) is 6.90. The van der Waals surface area contributed by atoms with Crippen LogP contribution < -0.4 is 0 Å². The van der Waals surface area contributed by atoms with Crippen LogP contribution in [-0.2, 0) is 6.42 Å². The van der Waals surface area contributed by atoms with Crippen molar-refractivity contribution in [3.05, 3.63) is 35.6 Å². The summed E-state index contributed by atoms with van der Waals surface area (Å²) in [5.74, 6) is -0.167. The maximum absolute atomic E-state index is 13.1. The summed E-state index contributed by atoms with van der Waals surface area (Å²) >= 11 is 6.34. The van der Waals surface area contributed by atoms with Gasteiger partial charge in [0.1, 0.15) is 5.82 Å². The van der Waals surface area contributed by atoms with Crippen molar-refractivity contribution in [2.24, 2.45) is 0 Å². The summed E-state index contributed by atoms with van der Waals surface area (Å²) in [4.78, 5) is 0. The highest BCUT2D eigenvalue weighted by molar-refractivity contribution is 6.20.